The van der Waals surface area contributed by atoms with Gasteiger partial charge in [-0.3, -0.25) is 9.48 Å². The molecular formula is C26H24ClN5O2. The molecule has 1 heterocycles. The van der Waals surface area contributed by atoms with Crippen LogP contribution in [0, 0.1) is 0 Å². The van der Waals surface area contributed by atoms with E-state index in [0.717, 1.165) is 22.4 Å². The molecule has 34 heavy (non-hydrogen) atoms. The third-order valence-corrected chi connectivity index (χ3v) is 5.67. The second kappa shape index (κ2) is 10.2. The van der Waals surface area contributed by atoms with Gasteiger partial charge in [0.25, 0.3) is 5.91 Å². The summed E-state index contributed by atoms with van der Waals surface area (Å²) in [5.74, 6) is -0.189. The van der Waals surface area contributed by atoms with Crippen LogP contribution in [0.25, 0.3) is 11.3 Å². The summed E-state index contributed by atoms with van der Waals surface area (Å²) in [6, 6.07) is 23.5. The van der Waals surface area contributed by atoms with E-state index in [2.05, 4.69) is 5.32 Å². The summed E-state index contributed by atoms with van der Waals surface area (Å²) in [5, 5.41) is 7.98. The molecule has 3 aromatic carbocycles. The molecule has 0 saturated heterocycles. The van der Waals surface area contributed by atoms with E-state index in [1.807, 2.05) is 65.5 Å². The molecule has 7 nitrogen and oxygen atoms in total. The standard InChI is InChI=1S/C26H24ClN5O2/c1-31(25(33)19-11-7-12-22(14-19)29-26(28)34)15-21-17-32(16-20-10-5-6-13-23(20)27)30-24(21)18-8-3-2-4-9-18/h2-14,17H,15-16H2,1H3,(H3,28,29,34). The minimum absolute atomic E-state index is 0.189. The molecule has 172 valence electrons. The smallest absolute Gasteiger partial charge is 0.316 e. The number of urea groups is 1. The maximum Gasteiger partial charge on any atom is 0.316 e. The third-order valence-electron chi connectivity index (χ3n) is 5.31. The number of nitrogens with two attached hydrogens (primary N) is 1. The van der Waals surface area contributed by atoms with Gasteiger partial charge in [0.1, 0.15) is 0 Å². The van der Waals surface area contributed by atoms with Gasteiger partial charge < -0.3 is 16.0 Å². The van der Waals surface area contributed by atoms with Gasteiger partial charge in [-0.2, -0.15) is 5.10 Å². The fourth-order valence-corrected chi connectivity index (χ4v) is 3.92. The fraction of sp³-hybridized carbons (Fsp3) is 0.115. The van der Waals surface area contributed by atoms with Crippen molar-refractivity contribution in [3.8, 4) is 11.3 Å². The Balaban J connectivity index is 1.61. The van der Waals surface area contributed by atoms with Crippen LogP contribution >= 0.6 is 11.6 Å². The van der Waals surface area contributed by atoms with Crippen LogP contribution in [0.5, 0.6) is 0 Å². The Kier molecular flexibility index (Phi) is 6.94. The van der Waals surface area contributed by atoms with Crippen molar-refractivity contribution < 1.29 is 9.59 Å². The predicted octanol–water partition coefficient (Wildman–Crippen LogP) is 5.01. The molecule has 0 atom stereocenters. The minimum atomic E-state index is -0.684. The van der Waals surface area contributed by atoms with E-state index >= 15 is 0 Å². The zero-order valence-electron chi connectivity index (χ0n) is 18.6. The molecule has 0 aliphatic heterocycles. The number of benzene rings is 3. The Bertz CT molecular complexity index is 1320. The second-order valence-corrected chi connectivity index (χ2v) is 8.30. The van der Waals surface area contributed by atoms with Crippen LogP contribution in [0.3, 0.4) is 0 Å². The Morgan fingerprint density at radius 2 is 1.74 bits per heavy atom. The summed E-state index contributed by atoms with van der Waals surface area (Å²) in [5.41, 5.74) is 9.72. The molecule has 0 spiro atoms. The SMILES string of the molecule is CN(Cc1cn(Cc2ccccc2Cl)nc1-c1ccccc1)C(=O)c1cccc(NC(N)=O)c1. The number of halogens is 1. The van der Waals surface area contributed by atoms with Gasteiger partial charge in [-0.1, -0.05) is 66.2 Å². The largest absolute Gasteiger partial charge is 0.351 e. The summed E-state index contributed by atoms with van der Waals surface area (Å²) in [6.07, 6.45) is 1.94. The number of amides is 3. The summed E-state index contributed by atoms with van der Waals surface area (Å²) >= 11 is 6.35. The quantitative estimate of drug-likeness (QED) is 0.395. The number of aromatic nitrogens is 2. The lowest BCUT2D eigenvalue weighted by Crippen LogP contribution is -2.26. The minimum Gasteiger partial charge on any atom is -0.351 e. The molecule has 0 unspecified atom stereocenters. The first-order chi connectivity index (χ1) is 16.4. The van der Waals surface area contributed by atoms with Crippen molar-refractivity contribution in [2.45, 2.75) is 13.1 Å². The molecule has 3 N–H and O–H groups in total. The van der Waals surface area contributed by atoms with Crippen LogP contribution in [0.1, 0.15) is 21.5 Å². The number of nitrogens with zero attached hydrogens (tertiary/aromatic N) is 3. The summed E-state index contributed by atoms with van der Waals surface area (Å²) in [4.78, 5) is 25.9. The lowest BCUT2D eigenvalue weighted by Gasteiger charge is -2.18. The van der Waals surface area contributed by atoms with Crippen LogP contribution in [0.4, 0.5) is 10.5 Å². The topological polar surface area (TPSA) is 93.2 Å². The van der Waals surface area contributed by atoms with Gasteiger partial charge in [0.05, 0.1) is 12.2 Å². The zero-order chi connectivity index (χ0) is 24.1. The van der Waals surface area contributed by atoms with E-state index in [1.54, 1.807) is 36.2 Å². The number of primary amides is 1. The van der Waals surface area contributed by atoms with E-state index in [0.29, 0.717) is 29.4 Å². The Labute approximate surface area is 202 Å². The number of rotatable bonds is 7. The first-order valence-electron chi connectivity index (χ1n) is 10.7. The Morgan fingerprint density at radius 1 is 1.00 bits per heavy atom. The number of carbonyl (C=O) groups is 2. The third kappa shape index (κ3) is 5.44. The second-order valence-electron chi connectivity index (χ2n) is 7.89. The number of hydrogen-bond donors (Lipinski definition) is 2. The van der Waals surface area contributed by atoms with Crippen LogP contribution < -0.4 is 11.1 Å². The first-order valence-corrected chi connectivity index (χ1v) is 11.1. The van der Waals surface area contributed by atoms with Crippen LogP contribution in [0.2, 0.25) is 5.02 Å². The highest BCUT2D eigenvalue weighted by atomic mass is 35.5. The van der Waals surface area contributed by atoms with Crippen LogP contribution in [0.15, 0.2) is 85.1 Å². The predicted molar refractivity (Wildman–Crippen MR) is 134 cm³/mol. The lowest BCUT2D eigenvalue weighted by atomic mass is 10.1. The maximum atomic E-state index is 13.1. The molecule has 1 aromatic heterocycles. The summed E-state index contributed by atoms with van der Waals surface area (Å²) in [6.45, 7) is 0.858. The average molecular weight is 474 g/mol. The molecule has 8 heteroatoms. The van der Waals surface area contributed by atoms with Gasteiger partial charge in [0, 0.05) is 47.2 Å². The highest BCUT2D eigenvalue weighted by Gasteiger charge is 2.18. The van der Waals surface area contributed by atoms with E-state index in [1.165, 1.54) is 0 Å². The van der Waals surface area contributed by atoms with Crippen molar-refractivity contribution in [2.75, 3.05) is 12.4 Å². The van der Waals surface area contributed by atoms with Gasteiger partial charge in [-0.15, -0.1) is 0 Å². The molecule has 0 radical (unpaired) electrons. The zero-order valence-corrected chi connectivity index (χ0v) is 19.4. The van der Waals surface area contributed by atoms with Crippen molar-refractivity contribution in [3.05, 3.63) is 107 Å². The number of anilines is 1. The van der Waals surface area contributed by atoms with E-state index in [9.17, 15) is 9.59 Å². The first kappa shape index (κ1) is 23.1. The molecule has 0 bridgehead atoms. The molecule has 0 saturated carbocycles. The molecular weight excluding hydrogens is 450 g/mol. The molecule has 4 rings (SSSR count). The maximum absolute atomic E-state index is 13.1. The fourth-order valence-electron chi connectivity index (χ4n) is 3.72. The molecule has 0 fully saturated rings. The summed E-state index contributed by atoms with van der Waals surface area (Å²) in [7, 11) is 1.73. The van der Waals surface area contributed by atoms with Crippen LogP contribution in [-0.4, -0.2) is 33.7 Å². The number of hydrogen-bond acceptors (Lipinski definition) is 3. The van der Waals surface area contributed by atoms with Crippen molar-refractivity contribution in [1.82, 2.24) is 14.7 Å². The van der Waals surface area contributed by atoms with Crippen molar-refractivity contribution in [1.29, 1.82) is 0 Å². The van der Waals surface area contributed by atoms with Crippen molar-refractivity contribution >= 4 is 29.2 Å². The summed E-state index contributed by atoms with van der Waals surface area (Å²) < 4.78 is 1.84. The lowest BCUT2D eigenvalue weighted by molar-refractivity contribution is 0.0785. The van der Waals surface area contributed by atoms with Gasteiger partial charge in [-0.05, 0) is 29.8 Å². The van der Waals surface area contributed by atoms with Crippen LogP contribution in [-0.2, 0) is 13.1 Å². The van der Waals surface area contributed by atoms with Gasteiger partial charge in [0.15, 0.2) is 0 Å². The average Bonchev–Trinajstić information content (AvgIpc) is 3.22. The number of carbonyl (C=O) groups excluding carboxylic acids is 2. The van der Waals surface area contributed by atoms with Gasteiger partial charge in [-0.25, -0.2) is 4.79 Å². The Morgan fingerprint density at radius 3 is 2.47 bits per heavy atom. The molecule has 0 aliphatic carbocycles. The molecule has 4 aromatic rings. The van der Waals surface area contributed by atoms with Crippen molar-refractivity contribution in [2.24, 2.45) is 5.73 Å². The molecule has 3 amide bonds. The van der Waals surface area contributed by atoms with Crippen molar-refractivity contribution in [3.63, 3.8) is 0 Å². The van der Waals surface area contributed by atoms with Gasteiger partial charge >= 0.3 is 6.03 Å². The van der Waals surface area contributed by atoms with Gasteiger partial charge in [0.2, 0.25) is 0 Å². The molecule has 0 aliphatic rings. The van der Waals surface area contributed by atoms with E-state index < -0.39 is 6.03 Å². The highest BCUT2D eigenvalue weighted by molar-refractivity contribution is 6.31. The monoisotopic (exact) mass is 473 g/mol. The highest BCUT2D eigenvalue weighted by Crippen LogP contribution is 2.25. The normalized spacial score (nSPS) is 10.6. The van der Waals surface area contributed by atoms with E-state index in [-0.39, 0.29) is 5.91 Å². The van der Waals surface area contributed by atoms with E-state index in [4.69, 9.17) is 22.4 Å². The Hall–Kier alpha value is -4.10. The number of nitrogens with one attached hydrogen (secondary N) is 1.